The van der Waals surface area contributed by atoms with Gasteiger partial charge in [-0.05, 0) is 24.1 Å². The lowest BCUT2D eigenvalue weighted by molar-refractivity contribution is -0.100. The molecule has 23 heavy (non-hydrogen) atoms. The highest BCUT2D eigenvalue weighted by atomic mass is 19.4. The third-order valence-corrected chi connectivity index (χ3v) is 3.96. The second-order valence-electron chi connectivity index (χ2n) is 5.98. The summed E-state index contributed by atoms with van der Waals surface area (Å²) in [6.45, 7) is 5.11. The van der Waals surface area contributed by atoms with Crippen LogP contribution in [0.5, 0.6) is 11.5 Å². The summed E-state index contributed by atoms with van der Waals surface area (Å²) in [4.78, 5) is 0. The monoisotopic (exact) mass is 330 g/mol. The van der Waals surface area contributed by atoms with E-state index >= 15 is 0 Å². The Morgan fingerprint density at radius 2 is 1.57 bits per heavy atom. The van der Waals surface area contributed by atoms with E-state index in [4.69, 9.17) is 9.47 Å². The van der Waals surface area contributed by atoms with Crippen LogP contribution >= 0.6 is 0 Å². The summed E-state index contributed by atoms with van der Waals surface area (Å²) in [5.41, 5.74) is -1.23. The molecule has 1 rings (SSSR count). The third kappa shape index (κ3) is 4.91. The molecule has 5 heteroatoms. The van der Waals surface area contributed by atoms with E-state index in [-0.39, 0.29) is 0 Å². The van der Waals surface area contributed by atoms with Gasteiger partial charge in [0.1, 0.15) is 11.5 Å². The van der Waals surface area contributed by atoms with Gasteiger partial charge in [-0.15, -0.1) is 0 Å². The number of methoxy groups -OCH3 is 2. The normalized spacial score (nSPS) is 13.1. The molecule has 0 atom stereocenters. The molecule has 0 aromatic heterocycles. The molecule has 2 nitrogen and oxygen atoms in total. The first-order chi connectivity index (χ1) is 10.7. The van der Waals surface area contributed by atoms with Crippen molar-refractivity contribution in [3.05, 3.63) is 35.4 Å². The molecule has 0 aliphatic heterocycles. The topological polar surface area (TPSA) is 18.5 Å². The number of benzene rings is 1. The Kier molecular flexibility index (Phi) is 6.54. The fourth-order valence-electron chi connectivity index (χ4n) is 2.50. The van der Waals surface area contributed by atoms with Crippen LogP contribution in [0.4, 0.5) is 13.2 Å². The second-order valence-corrected chi connectivity index (χ2v) is 5.98. The van der Waals surface area contributed by atoms with Crippen molar-refractivity contribution in [3.63, 3.8) is 0 Å². The Hall–Kier alpha value is -1.65. The van der Waals surface area contributed by atoms with Crippen LogP contribution in [-0.4, -0.2) is 20.4 Å². The number of ether oxygens (including phenoxy) is 2. The predicted octanol–water partition coefficient (Wildman–Crippen LogP) is 5.66. The lowest BCUT2D eigenvalue weighted by atomic mass is 9.76. The molecule has 1 aromatic carbocycles. The molecule has 0 amide bonds. The first-order valence-corrected chi connectivity index (χ1v) is 7.68. The summed E-state index contributed by atoms with van der Waals surface area (Å²) >= 11 is 0. The van der Waals surface area contributed by atoms with Crippen molar-refractivity contribution in [1.82, 2.24) is 0 Å². The molecule has 0 aliphatic rings. The van der Waals surface area contributed by atoms with Gasteiger partial charge in [0.05, 0.1) is 14.2 Å². The van der Waals surface area contributed by atoms with Gasteiger partial charge in [0.2, 0.25) is 0 Å². The molecule has 0 fully saturated rings. The summed E-state index contributed by atoms with van der Waals surface area (Å²) in [7, 11) is 2.96. The van der Waals surface area contributed by atoms with Crippen molar-refractivity contribution < 1.29 is 22.6 Å². The van der Waals surface area contributed by atoms with Gasteiger partial charge in [-0.2, -0.15) is 13.2 Å². The Morgan fingerprint density at radius 3 is 1.96 bits per heavy atom. The smallest absolute Gasteiger partial charge is 0.413 e. The maximum absolute atomic E-state index is 13.6. The summed E-state index contributed by atoms with van der Waals surface area (Å²) < 4.78 is 51.0. The molecule has 1 aromatic rings. The molecule has 0 saturated heterocycles. The molecule has 0 heterocycles. The number of hydrogen-bond donors (Lipinski definition) is 0. The van der Waals surface area contributed by atoms with Crippen LogP contribution in [-0.2, 0) is 5.41 Å². The molecule has 0 N–H and O–H groups in total. The van der Waals surface area contributed by atoms with Crippen molar-refractivity contribution in [1.29, 1.82) is 0 Å². The van der Waals surface area contributed by atoms with Gasteiger partial charge in [-0.3, -0.25) is 0 Å². The highest BCUT2D eigenvalue weighted by Crippen LogP contribution is 2.43. The van der Waals surface area contributed by atoms with Gasteiger partial charge in [-0.1, -0.05) is 39.7 Å². The summed E-state index contributed by atoms with van der Waals surface area (Å²) in [5.74, 6) is 0.949. The molecule has 0 spiro atoms. The van der Waals surface area contributed by atoms with E-state index in [0.29, 0.717) is 23.5 Å². The van der Waals surface area contributed by atoms with Gasteiger partial charge in [0.15, 0.2) is 0 Å². The average Bonchev–Trinajstić information content (AvgIpc) is 2.49. The van der Waals surface area contributed by atoms with E-state index in [9.17, 15) is 13.2 Å². The number of alkyl halides is 3. The van der Waals surface area contributed by atoms with Gasteiger partial charge < -0.3 is 9.47 Å². The van der Waals surface area contributed by atoms with Gasteiger partial charge >= 0.3 is 6.18 Å². The number of allylic oxidation sites excluding steroid dienone is 2. The van der Waals surface area contributed by atoms with Crippen molar-refractivity contribution in [2.24, 2.45) is 0 Å². The van der Waals surface area contributed by atoms with Crippen LogP contribution in [0.3, 0.4) is 0 Å². The Bertz CT molecular complexity index is 523. The third-order valence-electron chi connectivity index (χ3n) is 3.96. The summed E-state index contributed by atoms with van der Waals surface area (Å²) in [5, 5.41) is 0. The minimum Gasteiger partial charge on any atom is -0.497 e. The van der Waals surface area contributed by atoms with E-state index < -0.39 is 17.2 Å². The molecular weight excluding hydrogens is 305 g/mol. The highest BCUT2D eigenvalue weighted by molar-refractivity contribution is 5.46. The zero-order valence-corrected chi connectivity index (χ0v) is 14.4. The summed E-state index contributed by atoms with van der Waals surface area (Å²) in [6, 6.07) is 4.90. The fraction of sp³-hybridized carbons (Fsp3) is 0.556. The maximum atomic E-state index is 13.6. The molecule has 0 saturated carbocycles. The molecule has 0 unspecified atom stereocenters. The fourth-order valence-corrected chi connectivity index (χ4v) is 2.50. The van der Waals surface area contributed by atoms with Crippen LogP contribution < -0.4 is 9.47 Å². The summed E-state index contributed by atoms with van der Waals surface area (Å²) in [6.07, 6.45) is -1.06. The average molecular weight is 330 g/mol. The molecule has 0 aliphatic carbocycles. The Morgan fingerprint density at radius 1 is 1.04 bits per heavy atom. The van der Waals surface area contributed by atoms with E-state index in [1.165, 1.54) is 20.3 Å². The number of halogens is 3. The predicted molar refractivity (Wildman–Crippen MR) is 86.2 cm³/mol. The van der Waals surface area contributed by atoms with Crippen molar-refractivity contribution in [2.45, 2.75) is 51.6 Å². The van der Waals surface area contributed by atoms with Gasteiger partial charge in [0.25, 0.3) is 0 Å². The van der Waals surface area contributed by atoms with Crippen LogP contribution in [0.1, 0.15) is 45.6 Å². The quantitative estimate of drug-likeness (QED) is 0.474. The SMILES string of the molecule is CCCC/C=C(\C(F)(F)F)C(C)(C)c1cc(OC)cc(OC)c1. The van der Waals surface area contributed by atoms with Crippen LogP contribution in [0.25, 0.3) is 0 Å². The maximum Gasteiger partial charge on any atom is 0.413 e. The van der Waals surface area contributed by atoms with E-state index in [0.717, 1.165) is 12.8 Å². The molecular formula is C18H25F3O2. The van der Waals surface area contributed by atoms with Gasteiger partial charge in [0, 0.05) is 17.1 Å². The lowest BCUT2D eigenvalue weighted by Gasteiger charge is -2.31. The van der Waals surface area contributed by atoms with Crippen molar-refractivity contribution in [2.75, 3.05) is 14.2 Å². The zero-order chi connectivity index (χ0) is 17.7. The van der Waals surface area contributed by atoms with E-state index in [2.05, 4.69) is 0 Å². The minimum atomic E-state index is -4.38. The standard InChI is InChI=1S/C18H25F3O2/c1-6-7-8-9-16(18(19,20)21)17(2,3)13-10-14(22-4)12-15(11-13)23-5/h9-12H,6-8H2,1-5H3/b16-9-. The van der Waals surface area contributed by atoms with Crippen LogP contribution in [0, 0.1) is 0 Å². The van der Waals surface area contributed by atoms with Crippen LogP contribution in [0.15, 0.2) is 29.8 Å². The molecule has 130 valence electrons. The zero-order valence-electron chi connectivity index (χ0n) is 14.4. The van der Waals surface area contributed by atoms with E-state index in [1.807, 2.05) is 6.92 Å². The number of hydrogen-bond acceptors (Lipinski definition) is 2. The second kappa shape index (κ2) is 7.75. The van der Waals surface area contributed by atoms with Crippen molar-refractivity contribution >= 4 is 0 Å². The molecule has 0 radical (unpaired) electrons. The highest BCUT2D eigenvalue weighted by Gasteiger charge is 2.43. The largest absolute Gasteiger partial charge is 0.497 e. The lowest BCUT2D eigenvalue weighted by Crippen LogP contribution is -2.30. The van der Waals surface area contributed by atoms with Gasteiger partial charge in [-0.25, -0.2) is 0 Å². The first kappa shape index (κ1) is 19.4. The number of unbranched alkanes of at least 4 members (excludes halogenated alkanes) is 2. The van der Waals surface area contributed by atoms with E-state index in [1.54, 1.807) is 32.0 Å². The minimum absolute atomic E-state index is 0.413. The Balaban J connectivity index is 3.36. The van der Waals surface area contributed by atoms with Crippen molar-refractivity contribution in [3.8, 4) is 11.5 Å². The first-order valence-electron chi connectivity index (χ1n) is 7.68. The van der Waals surface area contributed by atoms with Crippen LogP contribution in [0.2, 0.25) is 0 Å². The Labute approximate surface area is 136 Å². The molecule has 0 bridgehead atoms. The number of rotatable bonds is 7.